The summed E-state index contributed by atoms with van der Waals surface area (Å²) in [6.07, 6.45) is 2.04. The van der Waals surface area contributed by atoms with Crippen molar-refractivity contribution in [3.63, 3.8) is 0 Å². The van der Waals surface area contributed by atoms with Crippen molar-refractivity contribution in [1.29, 1.82) is 0 Å². The normalized spacial score (nSPS) is 20.5. The summed E-state index contributed by atoms with van der Waals surface area (Å²) in [4.78, 5) is 11.7. The zero-order chi connectivity index (χ0) is 18.3. The third kappa shape index (κ3) is 3.32. The van der Waals surface area contributed by atoms with Crippen LogP contribution in [0.1, 0.15) is 13.8 Å². The van der Waals surface area contributed by atoms with Crippen LogP contribution in [0.2, 0.25) is 5.02 Å². The topological polar surface area (TPSA) is 68.1 Å². The van der Waals surface area contributed by atoms with E-state index < -0.39 is 0 Å². The van der Waals surface area contributed by atoms with Crippen LogP contribution in [0.5, 0.6) is 0 Å². The molecule has 1 N–H and O–H groups in total. The number of nitrogens with zero attached hydrogens (tertiary/aromatic N) is 5. The van der Waals surface area contributed by atoms with Gasteiger partial charge in [0.25, 0.3) is 0 Å². The lowest BCUT2D eigenvalue weighted by Crippen LogP contribution is -2.46. The first-order valence-corrected chi connectivity index (χ1v) is 9.00. The van der Waals surface area contributed by atoms with Gasteiger partial charge in [0.05, 0.1) is 23.8 Å². The van der Waals surface area contributed by atoms with E-state index in [1.165, 1.54) is 0 Å². The van der Waals surface area contributed by atoms with E-state index in [2.05, 4.69) is 29.2 Å². The third-order valence-electron chi connectivity index (χ3n) is 4.37. The van der Waals surface area contributed by atoms with Crippen LogP contribution in [-0.4, -0.2) is 45.0 Å². The molecule has 1 aromatic carbocycles. The maximum atomic E-state index is 6.11. The molecular formula is C18H21ClN6O. The molecule has 2 atom stereocenters. The molecule has 8 heteroatoms. The molecule has 1 saturated heterocycles. The van der Waals surface area contributed by atoms with Crippen LogP contribution in [0.25, 0.3) is 11.0 Å². The van der Waals surface area contributed by atoms with Gasteiger partial charge in [-0.05, 0) is 32.0 Å². The Morgan fingerprint density at radius 3 is 2.69 bits per heavy atom. The summed E-state index contributed by atoms with van der Waals surface area (Å²) in [5.41, 5.74) is 1.65. The Bertz CT molecular complexity index is 933. The number of fused-ring (bicyclic) bond motifs is 1. The number of anilines is 3. The van der Waals surface area contributed by atoms with Gasteiger partial charge in [0.15, 0.2) is 5.65 Å². The summed E-state index contributed by atoms with van der Waals surface area (Å²) in [6, 6.07) is 7.56. The van der Waals surface area contributed by atoms with Crippen molar-refractivity contribution < 1.29 is 4.74 Å². The second kappa shape index (κ2) is 6.74. The Labute approximate surface area is 156 Å². The van der Waals surface area contributed by atoms with Gasteiger partial charge in [-0.15, -0.1) is 0 Å². The van der Waals surface area contributed by atoms with Gasteiger partial charge >= 0.3 is 0 Å². The zero-order valence-corrected chi connectivity index (χ0v) is 15.7. The van der Waals surface area contributed by atoms with Crippen molar-refractivity contribution >= 4 is 40.1 Å². The predicted molar refractivity (Wildman–Crippen MR) is 103 cm³/mol. The number of aryl methyl sites for hydroxylation is 1. The largest absolute Gasteiger partial charge is 0.372 e. The van der Waals surface area contributed by atoms with Gasteiger partial charge in [-0.1, -0.05) is 17.7 Å². The van der Waals surface area contributed by atoms with E-state index in [0.29, 0.717) is 16.8 Å². The Hall–Kier alpha value is -2.38. The summed E-state index contributed by atoms with van der Waals surface area (Å²) in [5.74, 6) is 1.39. The highest BCUT2D eigenvalue weighted by atomic mass is 35.5. The molecule has 3 heterocycles. The van der Waals surface area contributed by atoms with Crippen LogP contribution in [0, 0.1) is 0 Å². The maximum absolute atomic E-state index is 6.11. The Balaban J connectivity index is 1.76. The summed E-state index contributed by atoms with van der Waals surface area (Å²) < 4.78 is 7.59. The molecule has 4 rings (SSSR count). The van der Waals surface area contributed by atoms with Crippen molar-refractivity contribution in [2.75, 3.05) is 23.3 Å². The van der Waals surface area contributed by atoms with Crippen LogP contribution in [0.3, 0.4) is 0 Å². The quantitative estimate of drug-likeness (QED) is 0.760. The molecule has 3 aromatic rings. The summed E-state index contributed by atoms with van der Waals surface area (Å²) in [7, 11) is 1.88. The molecule has 0 bridgehead atoms. The van der Waals surface area contributed by atoms with Gasteiger partial charge in [0.2, 0.25) is 5.95 Å². The van der Waals surface area contributed by atoms with Crippen molar-refractivity contribution in [2.24, 2.45) is 7.05 Å². The molecule has 2 aromatic heterocycles. The van der Waals surface area contributed by atoms with Crippen LogP contribution >= 0.6 is 11.6 Å². The molecule has 1 aliphatic heterocycles. The lowest BCUT2D eigenvalue weighted by molar-refractivity contribution is -0.00569. The Morgan fingerprint density at radius 1 is 1.19 bits per heavy atom. The molecule has 26 heavy (non-hydrogen) atoms. The van der Waals surface area contributed by atoms with Crippen LogP contribution in [-0.2, 0) is 11.8 Å². The van der Waals surface area contributed by atoms with E-state index in [-0.39, 0.29) is 12.2 Å². The minimum atomic E-state index is 0.133. The van der Waals surface area contributed by atoms with E-state index in [1.54, 1.807) is 10.9 Å². The summed E-state index contributed by atoms with van der Waals surface area (Å²) in [5, 5.41) is 9.23. The molecule has 7 nitrogen and oxygen atoms in total. The standard InChI is InChI=1S/C18H21ClN6O/c1-11-9-25(10-12(2)26-11)18-22-16(15-8-20-24(3)17(15)23-18)21-14-6-4-5-13(19)7-14/h4-8,11-12H,9-10H2,1-3H3,(H,21,22,23)/t11-,12-/m0/s1. The molecule has 1 aliphatic rings. The molecule has 0 saturated carbocycles. The number of benzene rings is 1. The van der Waals surface area contributed by atoms with Crippen LogP contribution < -0.4 is 10.2 Å². The molecule has 0 unspecified atom stereocenters. The van der Waals surface area contributed by atoms with E-state index in [9.17, 15) is 0 Å². The average Bonchev–Trinajstić information content (AvgIpc) is 2.96. The van der Waals surface area contributed by atoms with Gasteiger partial charge in [0, 0.05) is 30.8 Å². The first-order chi connectivity index (χ1) is 12.5. The average molecular weight is 373 g/mol. The van der Waals surface area contributed by atoms with Gasteiger partial charge < -0.3 is 15.0 Å². The molecule has 0 amide bonds. The van der Waals surface area contributed by atoms with E-state index in [4.69, 9.17) is 26.3 Å². The monoisotopic (exact) mass is 372 g/mol. The lowest BCUT2D eigenvalue weighted by atomic mass is 10.2. The Morgan fingerprint density at radius 2 is 1.96 bits per heavy atom. The number of aromatic nitrogens is 4. The molecule has 0 radical (unpaired) electrons. The lowest BCUT2D eigenvalue weighted by Gasteiger charge is -2.35. The highest BCUT2D eigenvalue weighted by Crippen LogP contribution is 2.28. The SMILES string of the molecule is C[C@H]1CN(c2nc(Nc3cccc(Cl)c3)c3cnn(C)c3n2)C[C@H](C)O1. The number of ether oxygens (including phenoxy) is 1. The first-order valence-electron chi connectivity index (χ1n) is 8.62. The second-order valence-corrected chi connectivity index (χ2v) is 7.11. The van der Waals surface area contributed by atoms with E-state index >= 15 is 0 Å². The summed E-state index contributed by atoms with van der Waals surface area (Å²) in [6.45, 7) is 5.64. The smallest absolute Gasteiger partial charge is 0.229 e. The van der Waals surface area contributed by atoms with Crippen molar-refractivity contribution in [1.82, 2.24) is 19.7 Å². The van der Waals surface area contributed by atoms with Gasteiger partial charge in [0.1, 0.15) is 5.82 Å². The van der Waals surface area contributed by atoms with Crippen LogP contribution in [0.4, 0.5) is 17.5 Å². The molecular weight excluding hydrogens is 352 g/mol. The van der Waals surface area contributed by atoms with Crippen molar-refractivity contribution in [2.45, 2.75) is 26.1 Å². The fourth-order valence-electron chi connectivity index (χ4n) is 3.29. The predicted octanol–water partition coefficient (Wildman–Crippen LogP) is 3.37. The molecule has 0 aliphatic carbocycles. The number of nitrogens with one attached hydrogen (secondary N) is 1. The highest BCUT2D eigenvalue weighted by Gasteiger charge is 2.25. The minimum absolute atomic E-state index is 0.133. The first kappa shape index (κ1) is 17.1. The van der Waals surface area contributed by atoms with Crippen molar-refractivity contribution in [3.8, 4) is 0 Å². The maximum Gasteiger partial charge on any atom is 0.229 e. The highest BCUT2D eigenvalue weighted by molar-refractivity contribution is 6.30. The van der Waals surface area contributed by atoms with Gasteiger partial charge in [-0.25, -0.2) is 0 Å². The Kier molecular flexibility index (Phi) is 4.42. The van der Waals surface area contributed by atoms with Crippen LogP contribution in [0.15, 0.2) is 30.5 Å². The van der Waals surface area contributed by atoms with Crippen molar-refractivity contribution in [3.05, 3.63) is 35.5 Å². The molecule has 136 valence electrons. The van der Waals surface area contributed by atoms with E-state index in [1.807, 2.05) is 31.3 Å². The van der Waals surface area contributed by atoms with Gasteiger partial charge in [-0.2, -0.15) is 15.1 Å². The minimum Gasteiger partial charge on any atom is -0.372 e. The number of hydrogen-bond donors (Lipinski definition) is 1. The molecule has 1 fully saturated rings. The molecule has 0 spiro atoms. The second-order valence-electron chi connectivity index (χ2n) is 6.68. The fraction of sp³-hybridized carbons (Fsp3) is 0.389. The number of halogens is 1. The number of morpholine rings is 1. The van der Waals surface area contributed by atoms with E-state index in [0.717, 1.165) is 29.8 Å². The number of hydrogen-bond acceptors (Lipinski definition) is 6. The summed E-state index contributed by atoms with van der Waals surface area (Å²) >= 11 is 6.11. The zero-order valence-electron chi connectivity index (χ0n) is 15.0. The van der Waals surface area contributed by atoms with Gasteiger partial charge in [-0.3, -0.25) is 4.68 Å². The number of rotatable bonds is 3. The third-order valence-corrected chi connectivity index (χ3v) is 4.61. The fourth-order valence-corrected chi connectivity index (χ4v) is 3.48.